The molecule has 0 spiro atoms. The van der Waals surface area contributed by atoms with Crippen LogP contribution in [0.1, 0.15) is 52.6 Å². The topological polar surface area (TPSA) is 57.7 Å². The number of rotatable bonds is 5. The number of nitrogens with zero attached hydrogens (tertiary/aromatic N) is 2. The van der Waals surface area contributed by atoms with E-state index in [1.165, 1.54) is 24.3 Å². The fourth-order valence-electron chi connectivity index (χ4n) is 3.73. The number of hydrogen-bond donors (Lipinski definition) is 0. The van der Waals surface area contributed by atoms with Gasteiger partial charge in [-0.15, -0.1) is 0 Å². The molecule has 3 amide bonds. The van der Waals surface area contributed by atoms with Crippen LogP contribution in [0.5, 0.6) is 0 Å². The van der Waals surface area contributed by atoms with Gasteiger partial charge in [0.15, 0.2) is 6.04 Å². The van der Waals surface area contributed by atoms with Crippen LogP contribution >= 0.6 is 15.9 Å². The minimum atomic E-state index is -4.97. The van der Waals surface area contributed by atoms with Gasteiger partial charge >= 0.3 is 6.18 Å². The van der Waals surface area contributed by atoms with Crippen LogP contribution in [0.4, 0.5) is 17.6 Å². The Kier molecular flexibility index (Phi) is 6.46. The smallest absolute Gasteiger partial charge is 0.322 e. The Hall–Kier alpha value is -2.75. The van der Waals surface area contributed by atoms with Gasteiger partial charge in [-0.25, -0.2) is 4.39 Å². The van der Waals surface area contributed by atoms with E-state index >= 15 is 0 Å². The van der Waals surface area contributed by atoms with Crippen molar-refractivity contribution in [2.45, 2.75) is 38.5 Å². The average molecular weight is 515 g/mol. The van der Waals surface area contributed by atoms with Gasteiger partial charge in [0, 0.05) is 11.6 Å². The van der Waals surface area contributed by atoms with Crippen molar-refractivity contribution in [2.75, 3.05) is 6.54 Å². The Balaban J connectivity index is 0.00000289. The molecule has 2 aromatic carbocycles. The summed E-state index contributed by atoms with van der Waals surface area (Å²) < 4.78 is 56.7. The Morgan fingerprint density at radius 3 is 2.12 bits per heavy atom. The first-order valence-electron chi connectivity index (χ1n) is 9.38. The standard InChI is InChI=1S/C21H15BrF4N2O3.CH4/c22-15-7-3-6-14(17(15)23)18(21(24,25)26)28(11-8-9-11)16(29)10-27-19(30)12-4-1-2-5-13(12)20(27)31;/h1-7,11,18H,8-10H2;1H4. The predicted octanol–water partition coefficient (Wildman–Crippen LogP) is 5.11. The van der Waals surface area contributed by atoms with Gasteiger partial charge in [-0.05, 0) is 47.0 Å². The van der Waals surface area contributed by atoms with Crippen molar-refractivity contribution in [3.8, 4) is 0 Å². The number of alkyl halides is 3. The number of carbonyl (C=O) groups excluding carboxylic acids is 3. The van der Waals surface area contributed by atoms with E-state index in [-0.39, 0.29) is 23.0 Å². The van der Waals surface area contributed by atoms with Crippen LogP contribution in [0.25, 0.3) is 0 Å². The monoisotopic (exact) mass is 514 g/mol. The fourth-order valence-corrected chi connectivity index (χ4v) is 4.11. The third-order valence-corrected chi connectivity index (χ3v) is 5.88. The van der Waals surface area contributed by atoms with Crippen molar-refractivity contribution in [3.05, 3.63) is 69.4 Å². The SMILES string of the molecule is C.O=C1c2ccccc2C(=O)N1CC(=O)N(C1CC1)C(c1cccc(Br)c1F)C(F)(F)F. The van der Waals surface area contributed by atoms with Gasteiger partial charge in [0.25, 0.3) is 11.8 Å². The van der Waals surface area contributed by atoms with Crippen molar-refractivity contribution in [1.29, 1.82) is 0 Å². The van der Waals surface area contributed by atoms with E-state index in [1.54, 1.807) is 12.1 Å². The summed E-state index contributed by atoms with van der Waals surface area (Å²) in [4.78, 5) is 39.3. The minimum absolute atomic E-state index is 0. The second kappa shape index (κ2) is 8.65. The molecule has 1 unspecified atom stereocenters. The Bertz CT molecular complexity index is 1050. The number of halogens is 5. The molecule has 1 heterocycles. The molecule has 0 aromatic heterocycles. The van der Waals surface area contributed by atoms with Gasteiger partial charge in [-0.2, -0.15) is 13.2 Å². The minimum Gasteiger partial charge on any atom is -0.322 e. The first-order valence-corrected chi connectivity index (χ1v) is 10.2. The molecule has 4 rings (SSSR count). The van der Waals surface area contributed by atoms with E-state index in [0.717, 1.165) is 6.07 Å². The van der Waals surface area contributed by atoms with E-state index in [4.69, 9.17) is 0 Å². The van der Waals surface area contributed by atoms with Crippen LogP contribution in [-0.4, -0.2) is 46.3 Å². The molecule has 0 N–H and O–H groups in total. The fraction of sp³-hybridized carbons (Fsp3) is 0.318. The lowest BCUT2D eigenvalue weighted by molar-refractivity contribution is -0.194. The molecule has 2 aromatic rings. The lowest BCUT2D eigenvalue weighted by atomic mass is 10.0. The van der Waals surface area contributed by atoms with E-state index in [9.17, 15) is 31.9 Å². The summed E-state index contributed by atoms with van der Waals surface area (Å²) in [5, 5.41) is 0. The first-order chi connectivity index (χ1) is 14.6. The van der Waals surface area contributed by atoms with Crippen molar-refractivity contribution in [1.82, 2.24) is 9.80 Å². The molecule has 1 aliphatic heterocycles. The molecule has 2 aliphatic rings. The Morgan fingerprint density at radius 1 is 1.06 bits per heavy atom. The number of amides is 3. The number of carbonyl (C=O) groups is 3. The molecule has 1 atom stereocenters. The largest absolute Gasteiger partial charge is 0.413 e. The average Bonchev–Trinajstić information content (AvgIpc) is 3.52. The van der Waals surface area contributed by atoms with Gasteiger partial charge in [0.1, 0.15) is 12.4 Å². The van der Waals surface area contributed by atoms with Crippen LogP contribution < -0.4 is 0 Å². The van der Waals surface area contributed by atoms with Gasteiger partial charge in [-0.3, -0.25) is 19.3 Å². The van der Waals surface area contributed by atoms with Crippen molar-refractivity contribution in [2.24, 2.45) is 0 Å². The van der Waals surface area contributed by atoms with Gasteiger partial charge in [0.05, 0.1) is 15.6 Å². The van der Waals surface area contributed by atoms with Crippen molar-refractivity contribution < 1.29 is 31.9 Å². The van der Waals surface area contributed by atoms with Crippen LogP contribution in [0, 0.1) is 5.82 Å². The van der Waals surface area contributed by atoms with Crippen molar-refractivity contribution >= 4 is 33.7 Å². The summed E-state index contributed by atoms with van der Waals surface area (Å²) in [5.74, 6) is -3.69. The molecule has 1 aliphatic carbocycles. The van der Waals surface area contributed by atoms with Gasteiger partial charge in [-0.1, -0.05) is 31.7 Å². The summed E-state index contributed by atoms with van der Waals surface area (Å²) in [6.07, 6.45) is -4.34. The predicted molar refractivity (Wildman–Crippen MR) is 111 cm³/mol. The second-order valence-corrected chi connectivity index (χ2v) is 8.22. The highest BCUT2D eigenvalue weighted by atomic mass is 79.9. The third kappa shape index (κ3) is 4.15. The Morgan fingerprint density at radius 2 is 1.62 bits per heavy atom. The summed E-state index contributed by atoms with van der Waals surface area (Å²) in [7, 11) is 0. The van der Waals surface area contributed by atoms with Crippen LogP contribution in [0.15, 0.2) is 46.9 Å². The summed E-state index contributed by atoms with van der Waals surface area (Å²) in [6.45, 7) is -0.856. The summed E-state index contributed by atoms with van der Waals surface area (Å²) in [6, 6.07) is 6.09. The van der Waals surface area contributed by atoms with E-state index in [0.29, 0.717) is 22.6 Å². The van der Waals surface area contributed by atoms with Crippen LogP contribution in [-0.2, 0) is 4.79 Å². The number of hydrogen-bond acceptors (Lipinski definition) is 3. The maximum atomic E-state index is 14.6. The molecular weight excluding hydrogens is 496 g/mol. The highest BCUT2D eigenvalue weighted by molar-refractivity contribution is 9.10. The molecule has 1 fully saturated rings. The van der Waals surface area contributed by atoms with Crippen LogP contribution in [0.2, 0.25) is 0 Å². The number of fused-ring (bicyclic) bond motifs is 1. The molecule has 0 radical (unpaired) electrons. The lowest BCUT2D eigenvalue weighted by Gasteiger charge is -2.34. The number of benzene rings is 2. The zero-order valence-electron chi connectivity index (χ0n) is 15.8. The number of imide groups is 1. The van der Waals surface area contributed by atoms with E-state index in [1.807, 2.05) is 0 Å². The maximum Gasteiger partial charge on any atom is 0.413 e. The molecular formula is C22H19BrF4N2O3. The highest BCUT2D eigenvalue weighted by Gasteiger charge is 2.52. The first kappa shape index (κ1) is 23.9. The summed E-state index contributed by atoms with van der Waals surface area (Å²) >= 11 is 2.88. The molecule has 170 valence electrons. The Labute approximate surface area is 190 Å². The summed E-state index contributed by atoms with van der Waals surface area (Å²) in [5.41, 5.74) is -0.531. The second-order valence-electron chi connectivity index (χ2n) is 7.36. The van der Waals surface area contributed by atoms with Gasteiger partial charge < -0.3 is 4.90 Å². The molecule has 10 heteroatoms. The zero-order valence-corrected chi connectivity index (χ0v) is 17.4. The highest BCUT2D eigenvalue weighted by Crippen LogP contribution is 2.45. The molecule has 32 heavy (non-hydrogen) atoms. The van der Waals surface area contributed by atoms with Gasteiger partial charge in [0.2, 0.25) is 5.91 Å². The van der Waals surface area contributed by atoms with E-state index < -0.39 is 53.9 Å². The lowest BCUT2D eigenvalue weighted by Crippen LogP contribution is -2.49. The molecule has 5 nitrogen and oxygen atoms in total. The van der Waals surface area contributed by atoms with Crippen LogP contribution in [0.3, 0.4) is 0 Å². The molecule has 0 saturated heterocycles. The third-order valence-electron chi connectivity index (χ3n) is 5.26. The molecule has 1 saturated carbocycles. The zero-order chi connectivity index (χ0) is 22.5. The normalized spacial score (nSPS) is 16.5. The molecule has 0 bridgehead atoms. The van der Waals surface area contributed by atoms with Crippen molar-refractivity contribution in [3.63, 3.8) is 0 Å². The quantitative estimate of drug-likeness (QED) is 0.411. The van der Waals surface area contributed by atoms with E-state index in [2.05, 4.69) is 15.9 Å². The maximum absolute atomic E-state index is 14.6.